The second-order valence-electron chi connectivity index (χ2n) is 8.24. The lowest BCUT2D eigenvalue weighted by molar-refractivity contribution is -0.116. The Balaban J connectivity index is 1.57. The zero-order valence-electron chi connectivity index (χ0n) is 18.8. The topological polar surface area (TPSA) is 85.5 Å². The first-order valence-corrected chi connectivity index (χ1v) is 10.9. The second-order valence-corrected chi connectivity index (χ2v) is 8.24. The maximum atomic E-state index is 13.1. The molecule has 168 valence electrons. The molecule has 5 aromatic rings. The summed E-state index contributed by atoms with van der Waals surface area (Å²) >= 11 is 0. The van der Waals surface area contributed by atoms with Crippen molar-refractivity contribution in [3.05, 3.63) is 100 Å². The van der Waals surface area contributed by atoms with E-state index in [1.54, 1.807) is 28.8 Å². The number of amides is 1. The summed E-state index contributed by atoms with van der Waals surface area (Å²) in [5, 5.41) is 2.86. The van der Waals surface area contributed by atoms with Crippen LogP contribution in [0.3, 0.4) is 0 Å². The van der Waals surface area contributed by atoms with Gasteiger partial charge in [-0.3, -0.25) is 14.4 Å². The van der Waals surface area contributed by atoms with Crippen LogP contribution in [0, 0.1) is 6.92 Å². The zero-order chi connectivity index (χ0) is 23.8. The third-order valence-corrected chi connectivity index (χ3v) is 5.78. The van der Waals surface area contributed by atoms with Gasteiger partial charge in [0.1, 0.15) is 6.54 Å². The monoisotopic (exact) mass is 450 g/mol. The Bertz CT molecular complexity index is 1610. The molecule has 0 radical (unpaired) electrons. The lowest BCUT2D eigenvalue weighted by Gasteiger charge is -2.09. The van der Waals surface area contributed by atoms with E-state index in [9.17, 15) is 14.4 Å². The molecule has 0 atom stereocenters. The van der Waals surface area contributed by atoms with Crippen molar-refractivity contribution in [1.82, 2.24) is 14.0 Å². The molecule has 1 N–H and O–H groups in total. The molecule has 7 heteroatoms. The molecule has 2 aromatic heterocycles. The number of para-hydroxylation sites is 2. The molecule has 34 heavy (non-hydrogen) atoms. The quantitative estimate of drug-likeness (QED) is 0.401. The van der Waals surface area contributed by atoms with Gasteiger partial charge in [-0.05, 0) is 50.2 Å². The van der Waals surface area contributed by atoms with Crippen LogP contribution in [-0.2, 0) is 11.3 Å². The van der Waals surface area contributed by atoms with Crippen LogP contribution in [0.15, 0.2) is 83.7 Å². The highest BCUT2D eigenvalue weighted by Gasteiger charge is 2.17. The average Bonchev–Trinajstić information content (AvgIpc) is 3.14. The molecule has 0 saturated heterocycles. The Morgan fingerprint density at radius 3 is 2.26 bits per heavy atom. The Kier molecular flexibility index (Phi) is 5.30. The van der Waals surface area contributed by atoms with Crippen molar-refractivity contribution >= 4 is 34.2 Å². The summed E-state index contributed by atoms with van der Waals surface area (Å²) in [6.07, 6.45) is 0. The van der Waals surface area contributed by atoms with Gasteiger partial charge >= 0.3 is 0 Å². The van der Waals surface area contributed by atoms with Crippen molar-refractivity contribution in [2.75, 3.05) is 5.32 Å². The number of nitrogens with one attached hydrogen (secondary N) is 1. The van der Waals surface area contributed by atoms with Gasteiger partial charge in [0.25, 0.3) is 5.56 Å². The number of fused-ring (bicyclic) bond motifs is 3. The molecule has 0 aliphatic heterocycles. The van der Waals surface area contributed by atoms with E-state index in [2.05, 4.69) is 5.32 Å². The van der Waals surface area contributed by atoms with E-state index >= 15 is 0 Å². The number of rotatable bonds is 5. The van der Waals surface area contributed by atoms with Crippen LogP contribution < -0.4 is 10.9 Å². The van der Waals surface area contributed by atoms with Crippen molar-refractivity contribution in [3.8, 4) is 11.3 Å². The Morgan fingerprint density at radius 1 is 0.912 bits per heavy atom. The van der Waals surface area contributed by atoms with E-state index in [0.29, 0.717) is 28.2 Å². The highest BCUT2D eigenvalue weighted by molar-refractivity contribution is 5.96. The minimum Gasteiger partial charge on any atom is -0.325 e. The Hall–Kier alpha value is -4.52. The van der Waals surface area contributed by atoms with Crippen LogP contribution in [0.25, 0.3) is 28.1 Å². The molecule has 0 unspecified atom stereocenters. The van der Waals surface area contributed by atoms with Gasteiger partial charge in [0.05, 0.1) is 16.7 Å². The average molecular weight is 450 g/mol. The number of aryl methyl sites for hydroxylation is 1. The summed E-state index contributed by atoms with van der Waals surface area (Å²) in [6, 6.07) is 23.5. The van der Waals surface area contributed by atoms with E-state index in [1.807, 2.05) is 55.5 Å². The van der Waals surface area contributed by atoms with Gasteiger partial charge in [0.2, 0.25) is 11.7 Å². The first-order chi connectivity index (χ1) is 16.4. The van der Waals surface area contributed by atoms with Gasteiger partial charge in [-0.2, -0.15) is 0 Å². The fourth-order valence-electron chi connectivity index (χ4n) is 4.03. The molecular weight excluding hydrogens is 428 g/mol. The third kappa shape index (κ3) is 3.88. The molecule has 0 fully saturated rings. The number of ketones is 1. The molecule has 0 bridgehead atoms. The second kappa shape index (κ2) is 8.44. The van der Waals surface area contributed by atoms with E-state index in [4.69, 9.17) is 4.98 Å². The third-order valence-electron chi connectivity index (χ3n) is 5.78. The minimum atomic E-state index is -0.270. The normalized spacial score (nSPS) is 11.1. The number of aromatic nitrogens is 3. The number of Topliss-reactive ketones (excluding diaryl/α,β-unsaturated/α-hetero) is 1. The largest absolute Gasteiger partial charge is 0.325 e. The number of hydrogen-bond acceptors (Lipinski definition) is 4. The van der Waals surface area contributed by atoms with Gasteiger partial charge in [-0.1, -0.05) is 42.0 Å². The number of nitrogens with zero attached hydrogens (tertiary/aromatic N) is 3. The molecule has 5 rings (SSSR count). The lowest BCUT2D eigenvalue weighted by atomic mass is 10.1. The fraction of sp³-hybridized carbons (Fsp3) is 0.111. The van der Waals surface area contributed by atoms with Crippen molar-refractivity contribution in [2.45, 2.75) is 20.4 Å². The van der Waals surface area contributed by atoms with Crippen LogP contribution in [-0.4, -0.2) is 25.6 Å². The summed E-state index contributed by atoms with van der Waals surface area (Å²) in [4.78, 5) is 42.3. The van der Waals surface area contributed by atoms with Gasteiger partial charge < -0.3 is 9.88 Å². The first-order valence-electron chi connectivity index (χ1n) is 10.9. The van der Waals surface area contributed by atoms with Crippen molar-refractivity contribution in [3.63, 3.8) is 0 Å². The van der Waals surface area contributed by atoms with E-state index in [-0.39, 0.29) is 23.8 Å². The molecule has 0 aliphatic carbocycles. The molecule has 0 saturated carbocycles. The van der Waals surface area contributed by atoms with Crippen LogP contribution >= 0.6 is 0 Å². The maximum absolute atomic E-state index is 13.1. The lowest BCUT2D eigenvalue weighted by Crippen LogP contribution is -2.20. The number of carbonyl (C=O) groups is 2. The summed E-state index contributed by atoms with van der Waals surface area (Å²) < 4.78 is 3.27. The van der Waals surface area contributed by atoms with Crippen LogP contribution in [0.4, 0.5) is 5.69 Å². The molecule has 1 amide bonds. The van der Waals surface area contributed by atoms with Gasteiger partial charge in [0, 0.05) is 22.9 Å². The highest BCUT2D eigenvalue weighted by Crippen LogP contribution is 2.22. The summed E-state index contributed by atoms with van der Waals surface area (Å²) in [5.74, 6) is 0.0872. The van der Waals surface area contributed by atoms with E-state index in [1.165, 1.54) is 17.4 Å². The smallest absolute Gasteiger partial charge is 0.260 e. The van der Waals surface area contributed by atoms with Crippen molar-refractivity contribution in [2.24, 2.45) is 0 Å². The maximum Gasteiger partial charge on any atom is 0.260 e. The number of imidazole rings is 1. The summed E-state index contributed by atoms with van der Waals surface area (Å²) in [7, 11) is 0. The van der Waals surface area contributed by atoms with Crippen molar-refractivity contribution in [1.29, 1.82) is 0 Å². The van der Waals surface area contributed by atoms with Crippen LogP contribution in [0.1, 0.15) is 22.8 Å². The molecular formula is C27H22N4O3. The standard InChI is InChI=1S/C27H22N4O3/c1-17-7-9-20(10-8-17)22-15-26(34)31-24-6-4-3-5-23(24)30(27(31)29-22)16-25(33)28-21-13-11-19(12-14-21)18(2)32/h3-15H,16H2,1-2H3,(H,28,33). The molecule has 7 nitrogen and oxygen atoms in total. The Labute approximate surface area is 195 Å². The minimum absolute atomic E-state index is 0.0325. The van der Waals surface area contributed by atoms with Crippen LogP contribution in [0.5, 0.6) is 0 Å². The highest BCUT2D eigenvalue weighted by atomic mass is 16.2. The first kappa shape index (κ1) is 21.3. The summed E-state index contributed by atoms with van der Waals surface area (Å²) in [5.41, 5.74) is 4.86. The van der Waals surface area contributed by atoms with E-state index < -0.39 is 0 Å². The van der Waals surface area contributed by atoms with Crippen LogP contribution in [0.2, 0.25) is 0 Å². The Morgan fingerprint density at radius 2 is 1.59 bits per heavy atom. The number of carbonyl (C=O) groups excluding carboxylic acids is 2. The number of benzene rings is 3. The predicted molar refractivity (Wildman–Crippen MR) is 132 cm³/mol. The predicted octanol–water partition coefficient (Wildman–Crippen LogP) is 4.47. The molecule has 2 heterocycles. The molecule has 0 aliphatic rings. The fourth-order valence-corrected chi connectivity index (χ4v) is 4.03. The van der Waals surface area contributed by atoms with Gasteiger partial charge in [-0.15, -0.1) is 0 Å². The van der Waals surface area contributed by atoms with Gasteiger partial charge in [-0.25, -0.2) is 9.38 Å². The summed E-state index contributed by atoms with van der Waals surface area (Å²) in [6.45, 7) is 3.46. The van der Waals surface area contributed by atoms with Crippen molar-refractivity contribution < 1.29 is 9.59 Å². The molecule has 0 spiro atoms. The van der Waals surface area contributed by atoms with E-state index in [0.717, 1.165) is 16.6 Å². The number of anilines is 1. The number of hydrogen-bond donors (Lipinski definition) is 1. The SMILES string of the molecule is CC(=O)c1ccc(NC(=O)Cn2c3ccccc3n3c(=O)cc(-c4ccc(C)cc4)nc23)cc1. The molecule has 3 aromatic carbocycles. The van der Waals surface area contributed by atoms with Gasteiger partial charge in [0.15, 0.2) is 5.78 Å². The zero-order valence-corrected chi connectivity index (χ0v) is 18.8.